The third-order valence-electron chi connectivity index (χ3n) is 3.59. The predicted octanol–water partition coefficient (Wildman–Crippen LogP) is 2.76. The van der Waals surface area contributed by atoms with Crippen LogP contribution in [0.5, 0.6) is 0 Å². The van der Waals surface area contributed by atoms with Gasteiger partial charge >= 0.3 is 0 Å². The largest absolute Gasteiger partial charge is 0.469 e. The van der Waals surface area contributed by atoms with Gasteiger partial charge in [-0.2, -0.15) is 4.98 Å². The molecule has 1 fully saturated rings. The molecule has 3 rings (SSSR count). The molecule has 96 valence electrons. The molecule has 0 radical (unpaired) electrons. The zero-order valence-electron chi connectivity index (χ0n) is 10.5. The number of nitrogens with two attached hydrogens (primary N) is 1. The van der Waals surface area contributed by atoms with Crippen LogP contribution in [0.3, 0.4) is 0 Å². The minimum absolute atomic E-state index is 0.418. The van der Waals surface area contributed by atoms with Gasteiger partial charge in [-0.3, -0.25) is 0 Å². The molecule has 2 N–H and O–H groups in total. The summed E-state index contributed by atoms with van der Waals surface area (Å²) in [6.07, 6.45) is 6.98. The molecule has 0 bridgehead atoms. The fraction of sp³-hybridized carbons (Fsp3) is 0.538. The molecule has 0 aromatic carbocycles. The van der Waals surface area contributed by atoms with Gasteiger partial charge in [0.1, 0.15) is 12.0 Å². The first kappa shape index (κ1) is 11.5. The molecule has 1 aliphatic rings. The Labute approximate surface area is 105 Å². The Morgan fingerprint density at radius 1 is 1.28 bits per heavy atom. The molecule has 1 aliphatic carbocycles. The zero-order chi connectivity index (χ0) is 12.6. The normalized spacial score (nSPS) is 19.0. The Morgan fingerprint density at radius 3 is 2.72 bits per heavy atom. The van der Waals surface area contributed by atoms with Crippen LogP contribution < -0.4 is 5.73 Å². The highest BCUT2D eigenvalue weighted by molar-refractivity contribution is 5.51. The molecule has 2 aromatic rings. The Kier molecular flexibility index (Phi) is 2.70. The monoisotopic (exact) mass is 247 g/mol. The summed E-state index contributed by atoms with van der Waals surface area (Å²) < 4.78 is 10.5. The van der Waals surface area contributed by atoms with Gasteiger partial charge in [0.2, 0.25) is 0 Å². The van der Waals surface area contributed by atoms with Crippen molar-refractivity contribution in [3.8, 4) is 11.5 Å². The van der Waals surface area contributed by atoms with Crippen molar-refractivity contribution in [2.75, 3.05) is 0 Å². The third kappa shape index (κ3) is 1.95. The Morgan fingerprint density at radius 2 is 2.06 bits per heavy atom. The van der Waals surface area contributed by atoms with E-state index < -0.39 is 5.54 Å². The molecule has 0 spiro atoms. The number of hydrogen-bond acceptors (Lipinski definition) is 5. The lowest BCUT2D eigenvalue weighted by Crippen LogP contribution is -2.39. The maximum absolute atomic E-state index is 6.37. The molecule has 2 heterocycles. The summed E-state index contributed by atoms with van der Waals surface area (Å²) in [5.74, 6) is 1.93. The van der Waals surface area contributed by atoms with Gasteiger partial charge in [0.25, 0.3) is 5.89 Å². The van der Waals surface area contributed by atoms with Gasteiger partial charge in [0, 0.05) is 0 Å². The molecule has 5 heteroatoms. The fourth-order valence-electron chi connectivity index (χ4n) is 2.50. The van der Waals surface area contributed by atoms with Crippen molar-refractivity contribution in [3.05, 3.63) is 23.9 Å². The van der Waals surface area contributed by atoms with Gasteiger partial charge in [-0.1, -0.05) is 24.4 Å². The van der Waals surface area contributed by atoms with E-state index in [1.807, 2.05) is 13.0 Å². The van der Waals surface area contributed by atoms with Crippen molar-refractivity contribution in [1.29, 1.82) is 0 Å². The zero-order valence-corrected chi connectivity index (χ0v) is 10.5. The minimum Gasteiger partial charge on any atom is -0.469 e. The number of aromatic nitrogens is 2. The molecular formula is C13H17N3O2. The molecule has 0 saturated heterocycles. The third-order valence-corrected chi connectivity index (χ3v) is 3.59. The summed E-state index contributed by atoms with van der Waals surface area (Å²) in [7, 11) is 0. The van der Waals surface area contributed by atoms with E-state index in [4.69, 9.17) is 14.7 Å². The van der Waals surface area contributed by atoms with Crippen molar-refractivity contribution >= 4 is 0 Å². The standard InChI is InChI=1S/C13H17N3O2/c1-9-7-10(8-17-9)11-15-12(16-18-11)13(14)5-3-2-4-6-13/h7-8H,2-6,14H2,1H3. The number of rotatable bonds is 2. The van der Waals surface area contributed by atoms with Crippen LogP contribution in [-0.2, 0) is 5.54 Å². The van der Waals surface area contributed by atoms with E-state index in [0.717, 1.165) is 37.0 Å². The SMILES string of the molecule is Cc1cc(-c2nc(C3(N)CCCCC3)no2)co1. The summed E-state index contributed by atoms with van der Waals surface area (Å²) >= 11 is 0. The first-order valence-corrected chi connectivity index (χ1v) is 6.36. The van der Waals surface area contributed by atoms with E-state index in [0.29, 0.717) is 11.7 Å². The number of aryl methyl sites for hydroxylation is 1. The van der Waals surface area contributed by atoms with Gasteiger partial charge in [0.15, 0.2) is 5.82 Å². The first-order valence-electron chi connectivity index (χ1n) is 6.36. The van der Waals surface area contributed by atoms with Crippen LogP contribution >= 0.6 is 0 Å². The average Bonchev–Trinajstić information content (AvgIpc) is 2.98. The van der Waals surface area contributed by atoms with Crippen LogP contribution in [0.1, 0.15) is 43.7 Å². The lowest BCUT2D eigenvalue weighted by atomic mass is 9.82. The van der Waals surface area contributed by atoms with Gasteiger partial charge in [-0.05, 0) is 25.8 Å². The van der Waals surface area contributed by atoms with Gasteiger partial charge < -0.3 is 14.7 Å². The van der Waals surface area contributed by atoms with Crippen molar-refractivity contribution in [3.63, 3.8) is 0 Å². The van der Waals surface area contributed by atoms with E-state index >= 15 is 0 Å². The van der Waals surface area contributed by atoms with Crippen LogP contribution in [0.2, 0.25) is 0 Å². The highest BCUT2D eigenvalue weighted by Gasteiger charge is 2.34. The van der Waals surface area contributed by atoms with Crippen LogP contribution in [-0.4, -0.2) is 10.1 Å². The van der Waals surface area contributed by atoms with E-state index in [2.05, 4.69) is 10.1 Å². The second-order valence-electron chi connectivity index (χ2n) is 5.09. The Bertz CT molecular complexity index is 538. The van der Waals surface area contributed by atoms with Gasteiger partial charge in [-0.25, -0.2) is 0 Å². The molecule has 0 amide bonds. The predicted molar refractivity (Wildman–Crippen MR) is 65.7 cm³/mol. The Balaban J connectivity index is 1.89. The lowest BCUT2D eigenvalue weighted by Gasteiger charge is -2.29. The average molecular weight is 247 g/mol. The first-order chi connectivity index (χ1) is 8.67. The summed E-state index contributed by atoms with van der Waals surface area (Å²) in [6, 6.07) is 1.88. The van der Waals surface area contributed by atoms with Crippen molar-refractivity contribution in [2.45, 2.75) is 44.6 Å². The quantitative estimate of drug-likeness (QED) is 0.882. The van der Waals surface area contributed by atoms with Crippen LogP contribution in [0.15, 0.2) is 21.3 Å². The maximum Gasteiger partial charge on any atom is 0.261 e. The van der Waals surface area contributed by atoms with E-state index in [9.17, 15) is 0 Å². The fourth-order valence-corrected chi connectivity index (χ4v) is 2.50. The lowest BCUT2D eigenvalue weighted by molar-refractivity contribution is 0.275. The van der Waals surface area contributed by atoms with Crippen LogP contribution in [0, 0.1) is 6.92 Å². The summed E-state index contributed by atoms with van der Waals surface area (Å²) in [4.78, 5) is 4.43. The van der Waals surface area contributed by atoms with Crippen LogP contribution in [0.4, 0.5) is 0 Å². The second kappa shape index (κ2) is 4.24. The van der Waals surface area contributed by atoms with E-state index in [-0.39, 0.29) is 0 Å². The van der Waals surface area contributed by atoms with E-state index in [1.54, 1.807) is 6.26 Å². The molecule has 18 heavy (non-hydrogen) atoms. The molecule has 0 aliphatic heterocycles. The number of nitrogens with zero attached hydrogens (tertiary/aromatic N) is 2. The van der Waals surface area contributed by atoms with E-state index in [1.165, 1.54) is 6.42 Å². The van der Waals surface area contributed by atoms with Gasteiger partial charge in [0.05, 0.1) is 11.1 Å². The Hall–Kier alpha value is -1.62. The highest BCUT2D eigenvalue weighted by Crippen LogP contribution is 2.34. The molecule has 0 atom stereocenters. The minimum atomic E-state index is -0.418. The molecule has 0 unspecified atom stereocenters. The second-order valence-corrected chi connectivity index (χ2v) is 5.09. The molecule has 1 saturated carbocycles. The van der Waals surface area contributed by atoms with Gasteiger partial charge in [-0.15, -0.1) is 0 Å². The number of furan rings is 1. The summed E-state index contributed by atoms with van der Waals surface area (Å²) in [6.45, 7) is 1.88. The summed E-state index contributed by atoms with van der Waals surface area (Å²) in [5, 5.41) is 4.04. The number of hydrogen-bond donors (Lipinski definition) is 1. The van der Waals surface area contributed by atoms with Crippen molar-refractivity contribution < 1.29 is 8.94 Å². The molecule has 2 aromatic heterocycles. The van der Waals surface area contributed by atoms with Crippen molar-refractivity contribution in [1.82, 2.24) is 10.1 Å². The van der Waals surface area contributed by atoms with Crippen LogP contribution in [0.25, 0.3) is 11.5 Å². The molecule has 5 nitrogen and oxygen atoms in total. The topological polar surface area (TPSA) is 78.1 Å². The molecular weight excluding hydrogens is 230 g/mol. The summed E-state index contributed by atoms with van der Waals surface area (Å²) in [5.41, 5.74) is 6.76. The highest BCUT2D eigenvalue weighted by atomic mass is 16.5. The smallest absolute Gasteiger partial charge is 0.261 e. The van der Waals surface area contributed by atoms with Crippen molar-refractivity contribution in [2.24, 2.45) is 5.73 Å². The maximum atomic E-state index is 6.37.